The molecule has 4 rings (SSSR count). The van der Waals surface area contributed by atoms with Crippen LogP contribution in [0.4, 0.5) is 0 Å². The van der Waals surface area contributed by atoms with Crippen molar-refractivity contribution >= 4 is 5.91 Å². The van der Waals surface area contributed by atoms with E-state index in [0.717, 1.165) is 12.8 Å². The van der Waals surface area contributed by atoms with E-state index in [9.17, 15) is 4.79 Å². The normalized spacial score (nSPS) is 24.3. The molecule has 2 aliphatic rings. The highest BCUT2D eigenvalue weighted by molar-refractivity contribution is 5.92. The summed E-state index contributed by atoms with van der Waals surface area (Å²) in [7, 11) is 0. The lowest BCUT2D eigenvalue weighted by Crippen LogP contribution is -2.45. The third-order valence-corrected chi connectivity index (χ3v) is 4.68. The van der Waals surface area contributed by atoms with Crippen molar-refractivity contribution in [3.63, 3.8) is 0 Å². The highest BCUT2D eigenvalue weighted by atomic mass is 16.5. The first-order valence-electron chi connectivity index (χ1n) is 8.39. The quantitative estimate of drug-likeness (QED) is 0.861. The van der Waals surface area contributed by atoms with E-state index in [1.54, 1.807) is 24.7 Å². The number of hydrogen-bond acceptors (Lipinski definition) is 5. The van der Waals surface area contributed by atoms with Crippen LogP contribution in [0, 0.1) is 0 Å². The molecule has 24 heavy (non-hydrogen) atoms. The number of ether oxygens (including phenoxy) is 2. The second-order valence-corrected chi connectivity index (χ2v) is 6.31. The summed E-state index contributed by atoms with van der Waals surface area (Å²) in [4.78, 5) is 12.7. The lowest BCUT2D eigenvalue weighted by atomic mass is 10.2. The maximum Gasteiger partial charge on any atom is 0.269 e. The van der Waals surface area contributed by atoms with Crippen molar-refractivity contribution in [2.45, 2.75) is 43.9 Å². The lowest BCUT2D eigenvalue weighted by Gasteiger charge is -2.20. The molecule has 1 aliphatic heterocycles. The highest BCUT2D eigenvalue weighted by Crippen LogP contribution is 2.29. The second kappa shape index (κ2) is 6.64. The number of hydrogen-bond donors (Lipinski definition) is 2. The van der Waals surface area contributed by atoms with E-state index in [0.29, 0.717) is 30.7 Å². The fraction of sp³-hybridized carbons (Fsp3) is 0.562. The number of aromatic nitrogens is 4. The minimum absolute atomic E-state index is 0.129. The highest BCUT2D eigenvalue weighted by Gasteiger charge is 2.33. The van der Waals surface area contributed by atoms with Crippen molar-refractivity contribution in [1.82, 2.24) is 25.3 Å². The summed E-state index contributed by atoms with van der Waals surface area (Å²) in [5.41, 5.74) is 0.607. The number of nitrogens with one attached hydrogen (secondary N) is 2. The minimum Gasteiger partial charge on any atom is -0.482 e. The van der Waals surface area contributed by atoms with Gasteiger partial charge in [0, 0.05) is 6.20 Å². The number of rotatable bonds is 5. The summed E-state index contributed by atoms with van der Waals surface area (Å²) in [6, 6.07) is 1.91. The SMILES string of the molecule is O=C(N[C@H]1COC[C@H]1Oc1cn[nH]c1)c1ccnn1C1CCCC1. The molecule has 0 radical (unpaired) electrons. The van der Waals surface area contributed by atoms with Gasteiger partial charge in [-0.2, -0.15) is 10.2 Å². The van der Waals surface area contributed by atoms with Crippen molar-refractivity contribution < 1.29 is 14.3 Å². The maximum absolute atomic E-state index is 12.7. The Morgan fingerprint density at radius 2 is 2.25 bits per heavy atom. The van der Waals surface area contributed by atoms with E-state index in [1.165, 1.54) is 12.8 Å². The molecule has 2 atom stereocenters. The van der Waals surface area contributed by atoms with Crippen LogP contribution in [0.1, 0.15) is 42.2 Å². The molecule has 3 heterocycles. The van der Waals surface area contributed by atoms with Gasteiger partial charge in [0.15, 0.2) is 5.75 Å². The molecule has 0 bridgehead atoms. The van der Waals surface area contributed by atoms with Crippen LogP contribution in [0.2, 0.25) is 0 Å². The summed E-state index contributed by atoms with van der Waals surface area (Å²) >= 11 is 0. The number of carbonyl (C=O) groups excluding carboxylic acids is 1. The Balaban J connectivity index is 1.43. The number of nitrogens with zero attached hydrogens (tertiary/aromatic N) is 3. The van der Waals surface area contributed by atoms with E-state index in [1.807, 2.05) is 4.68 Å². The topological polar surface area (TPSA) is 94.1 Å². The molecule has 2 fully saturated rings. The van der Waals surface area contributed by atoms with E-state index >= 15 is 0 Å². The zero-order chi connectivity index (χ0) is 16.4. The first-order valence-corrected chi connectivity index (χ1v) is 8.39. The van der Waals surface area contributed by atoms with Gasteiger partial charge in [-0.1, -0.05) is 12.8 Å². The van der Waals surface area contributed by atoms with Gasteiger partial charge in [0.1, 0.15) is 11.8 Å². The first kappa shape index (κ1) is 15.2. The van der Waals surface area contributed by atoms with Crippen LogP contribution in [0.15, 0.2) is 24.7 Å². The smallest absolute Gasteiger partial charge is 0.269 e. The Bertz CT molecular complexity index is 678. The number of H-pyrrole nitrogens is 1. The summed E-state index contributed by atoms with van der Waals surface area (Å²) in [5.74, 6) is 0.511. The zero-order valence-corrected chi connectivity index (χ0v) is 13.4. The summed E-state index contributed by atoms with van der Waals surface area (Å²) < 4.78 is 13.2. The lowest BCUT2D eigenvalue weighted by molar-refractivity contribution is 0.0890. The van der Waals surface area contributed by atoms with Gasteiger partial charge in [-0.15, -0.1) is 0 Å². The minimum atomic E-state index is -0.227. The van der Waals surface area contributed by atoms with Gasteiger partial charge in [-0.05, 0) is 18.9 Å². The molecule has 1 saturated heterocycles. The van der Waals surface area contributed by atoms with E-state index < -0.39 is 0 Å². The largest absolute Gasteiger partial charge is 0.482 e. The molecule has 2 aromatic rings. The molecule has 1 aliphatic carbocycles. The first-order chi connectivity index (χ1) is 11.8. The summed E-state index contributed by atoms with van der Waals surface area (Å²) in [6.07, 6.45) is 9.30. The standard InChI is InChI=1S/C16H21N5O3/c22-16(14-5-6-19-21(14)11-3-1-2-4-11)20-13-9-23-10-15(13)24-12-7-17-18-8-12/h5-8,11,13,15H,1-4,9-10H2,(H,17,18)(H,20,22)/t13-,15+/m0/s1. The zero-order valence-electron chi connectivity index (χ0n) is 13.4. The van der Waals surface area contributed by atoms with Gasteiger partial charge in [0.25, 0.3) is 5.91 Å². The number of amides is 1. The average Bonchev–Trinajstić information content (AvgIpc) is 3.37. The van der Waals surface area contributed by atoms with E-state index in [-0.39, 0.29) is 18.1 Å². The monoisotopic (exact) mass is 331 g/mol. The molecule has 0 aromatic carbocycles. The molecular weight excluding hydrogens is 310 g/mol. The van der Waals surface area contributed by atoms with Crippen molar-refractivity contribution in [3.8, 4) is 5.75 Å². The Labute approximate surface area is 139 Å². The molecule has 1 saturated carbocycles. The van der Waals surface area contributed by atoms with Crippen LogP contribution in [0.3, 0.4) is 0 Å². The predicted octanol–water partition coefficient (Wildman–Crippen LogP) is 1.30. The number of carbonyl (C=O) groups is 1. The summed E-state index contributed by atoms with van der Waals surface area (Å²) in [5, 5.41) is 13.9. The fourth-order valence-corrected chi connectivity index (χ4v) is 3.44. The van der Waals surface area contributed by atoms with Gasteiger partial charge in [0.2, 0.25) is 0 Å². The second-order valence-electron chi connectivity index (χ2n) is 6.31. The van der Waals surface area contributed by atoms with Gasteiger partial charge < -0.3 is 14.8 Å². The maximum atomic E-state index is 12.7. The van der Waals surface area contributed by atoms with Crippen molar-refractivity contribution in [1.29, 1.82) is 0 Å². The van der Waals surface area contributed by atoms with Crippen LogP contribution >= 0.6 is 0 Å². The molecule has 1 amide bonds. The molecule has 0 unspecified atom stereocenters. The molecule has 128 valence electrons. The molecule has 2 N–H and O–H groups in total. The van der Waals surface area contributed by atoms with Crippen molar-refractivity contribution in [2.75, 3.05) is 13.2 Å². The van der Waals surface area contributed by atoms with E-state index in [4.69, 9.17) is 9.47 Å². The fourth-order valence-electron chi connectivity index (χ4n) is 3.44. The van der Waals surface area contributed by atoms with Gasteiger partial charge in [-0.25, -0.2) is 0 Å². The molecule has 8 nitrogen and oxygen atoms in total. The average molecular weight is 331 g/mol. The summed E-state index contributed by atoms with van der Waals surface area (Å²) in [6.45, 7) is 0.879. The Morgan fingerprint density at radius 3 is 3.04 bits per heavy atom. The van der Waals surface area contributed by atoms with Crippen molar-refractivity contribution in [2.24, 2.45) is 0 Å². The van der Waals surface area contributed by atoms with Crippen LogP contribution in [-0.4, -0.2) is 51.2 Å². The molecule has 0 spiro atoms. The predicted molar refractivity (Wildman–Crippen MR) is 84.8 cm³/mol. The van der Waals surface area contributed by atoms with Crippen LogP contribution < -0.4 is 10.1 Å². The molecule has 2 aromatic heterocycles. The Kier molecular flexibility index (Phi) is 4.20. The Morgan fingerprint density at radius 1 is 1.38 bits per heavy atom. The third-order valence-electron chi connectivity index (χ3n) is 4.68. The Hall–Kier alpha value is -2.35. The molecule has 8 heteroatoms. The van der Waals surface area contributed by atoms with Gasteiger partial charge in [-0.3, -0.25) is 14.6 Å². The van der Waals surface area contributed by atoms with Gasteiger partial charge in [0.05, 0.1) is 37.7 Å². The molecular formula is C16H21N5O3. The van der Waals surface area contributed by atoms with Crippen molar-refractivity contribution in [3.05, 3.63) is 30.4 Å². The third kappa shape index (κ3) is 3.01. The van der Waals surface area contributed by atoms with Crippen LogP contribution in [0.5, 0.6) is 5.75 Å². The number of aromatic amines is 1. The van der Waals surface area contributed by atoms with Crippen LogP contribution in [0.25, 0.3) is 0 Å². The van der Waals surface area contributed by atoms with E-state index in [2.05, 4.69) is 20.6 Å². The van der Waals surface area contributed by atoms with Gasteiger partial charge >= 0.3 is 0 Å². The van der Waals surface area contributed by atoms with Crippen LogP contribution in [-0.2, 0) is 4.74 Å².